The van der Waals surface area contributed by atoms with Crippen molar-refractivity contribution in [1.82, 2.24) is 10.2 Å². The molecule has 130 valence electrons. The van der Waals surface area contributed by atoms with Crippen molar-refractivity contribution in [2.75, 3.05) is 12.4 Å². The van der Waals surface area contributed by atoms with Gasteiger partial charge in [-0.15, -0.1) is 0 Å². The highest BCUT2D eigenvalue weighted by Gasteiger charge is 2.38. The van der Waals surface area contributed by atoms with Crippen molar-refractivity contribution >= 4 is 34.5 Å². The number of nitrogens with zero attached hydrogens (tertiary/aromatic N) is 1. The van der Waals surface area contributed by atoms with Crippen LogP contribution in [0.5, 0.6) is 0 Å². The molecule has 0 amide bonds. The number of fused-ring (bicyclic) bond motifs is 1. The second-order valence-corrected chi connectivity index (χ2v) is 5.73. The fraction of sp³-hybridized carbons (Fsp3) is 0.250. The van der Waals surface area contributed by atoms with Crippen molar-refractivity contribution in [3.05, 3.63) is 35.7 Å². The van der Waals surface area contributed by atoms with Gasteiger partial charge in [0.1, 0.15) is 0 Å². The van der Waals surface area contributed by atoms with Gasteiger partial charge in [-0.3, -0.25) is 5.10 Å². The average molecular weight is 345 g/mol. The first-order valence-corrected chi connectivity index (χ1v) is 7.29. The van der Waals surface area contributed by atoms with Gasteiger partial charge < -0.3 is 19.5 Å². The van der Waals surface area contributed by atoms with Crippen LogP contribution in [0.1, 0.15) is 24.2 Å². The third-order valence-corrected chi connectivity index (χ3v) is 3.45. The summed E-state index contributed by atoms with van der Waals surface area (Å²) in [6.07, 6.45) is 2.70. The molecule has 1 aliphatic rings. The van der Waals surface area contributed by atoms with E-state index in [4.69, 9.17) is 14.2 Å². The van der Waals surface area contributed by atoms with E-state index in [2.05, 4.69) is 15.5 Å². The van der Waals surface area contributed by atoms with Crippen LogP contribution in [-0.4, -0.2) is 41.0 Å². The molecule has 0 radical (unpaired) electrons. The minimum Gasteiger partial charge on any atom is -0.465 e. The number of methoxy groups -OCH3 is 1. The molecule has 2 heterocycles. The quantitative estimate of drug-likeness (QED) is 0.488. The first-order chi connectivity index (χ1) is 11.8. The molecule has 2 N–H and O–H groups in total. The molecule has 1 saturated heterocycles. The van der Waals surface area contributed by atoms with Gasteiger partial charge in [-0.25, -0.2) is 14.4 Å². The summed E-state index contributed by atoms with van der Waals surface area (Å²) in [5, 5.41) is 10.0. The number of rotatable bonds is 3. The Balaban J connectivity index is 1.92. The van der Waals surface area contributed by atoms with Crippen LogP contribution in [0.4, 0.5) is 5.69 Å². The maximum atomic E-state index is 11.9. The van der Waals surface area contributed by atoms with E-state index in [0.717, 1.165) is 0 Å². The lowest BCUT2D eigenvalue weighted by atomic mass is 10.1. The number of ether oxygens (including phenoxy) is 3. The molecule has 3 rings (SSSR count). The Kier molecular flexibility index (Phi) is 3.91. The Labute approximate surface area is 141 Å². The van der Waals surface area contributed by atoms with Gasteiger partial charge in [-0.1, -0.05) is 0 Å². The SMILES string of the molecule is COC(=O)c1cc(NC=C2C(=O)OC(C)(C)OC2=O)cc2cn[nH]c12. The number of esters is 3. The predicted octanol–water partition coefficient (Wildman–Crippen LogP) is 1.48. The average Bonchev–Trinajstić information content (AvgIpc) is 2.99. The van der Waals surface area contributed by atoms with Crippen LogP contribution >= 0.6 is 0 Å². The van der Waals surface area contributed by atoms with Gasteiger partial charge in [0.05, 0.1) is 24.4 Å². The van der Waals surface area contributed by atoms with Crippen LogP contribution in [0.2, 0.25) is 0 Å². The number of cyclic esters (lactones) is 2. The zero-order chi connectivity index (χ0) is 18.2. The van der Waals surface area contributed by atoms with E-state index in [0.29, 0.717) is 16.6 Å². The van der Waals surface area contributed by atoms with Crippen molar-refractivity contribution in [2.45, 2.75) is 19.6 Å². The topological polar surface area (TPSA) is 120 Å². The molecular formula is C16H15N3O6. The molecular weight excluding hydrogens is 330 g/mol. The summed E-state index contributed by atoms with van der Waals surface area (Å²) in [5.41, 5.74) is 0.940. The van der Waals surface area contributed by atoms with E-state index in [9.17, 15) is 14.4 Å². The minimum absolute atomic E-state index is 0.258. The second-order valence-electron chi connectivity index (χ2n) is 5.73. The summed E-state index contributed by atoms with van der Waals surface area (Å²) in [4.78, 5) is 35.7. The summed E-state index contributed by atoms with van der Waals surface area (Å²) in [7, 11) is 1.27. The van der Waals surface area contributed by atoms with Crippen molar-refractivity contribution < 1.29 is 28.6 Å². The van der Waals surface area contributed by atoms with Crippen LogP contribution in [0, 0.1) is 0 Å². The molecule has 1 fully saturated rings. The summed E-state index contributed by atoms with van der Waals surface area (Å²) in [6, 6.07) is 3.19. The number of carbonyl (C=O) groups is 3. The molecule has 0 unspecified atom stereocenters. The summed E-state index contributed by atoms with van der Waals surface area (Å²) in [5.74, 6) is -3.46. The van der Waals surface area contributed by atoms with Crippen molar-refractivity contribution in [2.24, 2.45) is 0 Å². The summed E-state index contributed by atoms with van der Waals surface area (Å²) < 4.78 is 14.7. The lowest BCUT2D eigenvalue weighted by Crippen LogP contribution is -2.42. The molecule has 0 atom stereocenters. The number of aromatic amines is 1. The normalized spacial score (nSPS) is 16.2. The maximum Gasteiger partial charge on any atom is 0.350 e. The van der Waals surface area contributed by atoms with Gasteiger partial charge in [0.15, 0.2) is 5.57 Å². The third-order valence-electron chi connectivity index (χ3n) is 3.45. The zero-order valence-corrected chi connectivity index (χ0v) is 13.7. The van der Waals surface area contributed by atoms with Crippen LogP contribution in [0.15, 0.2) is 30.1 Å². The van der Waals surface area contributed by atoms with Crippen molar-refractivity contribution in [3.8, 4) is 0 Å². The Bertz CT molecular complexity index is 890. The van der Waals surface area contributed by atoms with Crippen LogP contribution in [0.25, 0.3) is 10.9 Å². The van der Waals surface area contributed by atoms with Gasteiger partial charge in [0, 0.05) is 31.1 Å². The molecule has 0 aliphatic carbocycles. The summed E-state index contributed by atoms with van der Waals surface area (Å²) >= 11 is 0. The Hall–Kier alpha value is -3.36. The standard InChI is InChI=1S/C16H15N3O6/c1-16(2)24-14(21)11(15(22)25-16)7-17-9-4-8-6-18-19-12(8)10(5-9)13(20)23-3/h4-7,17H,1-3H3,(H,18,19). The van der Waals surface area contributed by atoms with Gasteiger partial charge in [0.25, 0.3) is 5.79 Å². The van der Waals surface area contributed by atoms with E-state index in [1.807, 2.05) is 0 Å². The smallest absolute Gasteiger partial charge is 0.350 e. The van der Waals surface area contributed by atoms with Crippen molar-refractivity contribution in [1.29, 1.82) is 0 Å². The maximum absolute atomic E-state index is 11.9. The highest BCUT2D eigenvalue weighted by molar-refractivity contribution is 6.15. The number of H-pyrrole nitrogens is 1. The highest BCUT2D eigenvalue weighted by Crippen LogP contribution is 2.25. The highest BCUT2D eigenvalue weighted by atomic mass is 16.7. The number of aromatic nitrogens is 2. The lowest BCUT2D eigenvalue weighted by Gasteiger charge is -2.29. The molecule has 0 spiro atoms. The number of benzene rings is 1. The summed E-state index contributed by atoms with van der Waals surface area (Å²) in [6.45, 7) is 2.92. The number of hydrogen-bond donors (Lipinski definition) is 2. The second kappa shape index (κ2) is 5.93. The van der Waals surface area contributed by atoms with E-state index in [1.165, 1.54) is 39.4 Å². The molecule has 0 bridgehead atoms. The minimum atomic E-state index is -1.31. The molecule has 0 saturated carbocycles. The van der Waals surface area contributed by atoms with Crippen LogP contribution in [0.3, 0.4) is 0 Å². The molecule has 1 aliphatic heterocycles. The van der Waals surface area contributed by atoms with E-state index in [1.54, 1.807) is 6.07 Å². The largest absolute Gasteiger partial charge is 0.465 e. The van der Waals surface area contributed by atoms with E-state index in [-0.39, 0.29) is 11.1 Å². The van der Waals surface area contributed by atoms with Crippen molar-refractivity contribution in [3.63, 3.8) is 0 Å². The van der Waals surface area contributed by atoms with Crippen LogP contribution < -0.4 is 5.32 Å². The predicted molar refractivity (Wildman–Crippen MR) is 85.4 cm³/mol. The zero-order valence-electron chi connectivity index (χ0n) is 13.7. The molecule has 9 nitrogen and oxygen atoms in total. The number of carbonyl (C=O) groups excluding carboxylic acids is 3. The monoisotopic (exact) mass is 345 g/mol. The first kappa shape index (κ1) is 16.5. The third kappa shape index (κ3) is 3.16. The molecule has 1 aromatic carbocycles. The molecule has 1 aromatic heterocycles. The first-order valence-electron chi connectivity index (χ1n) is 7.29. The Morgan fingerprint density at radius 1 is 1.28 bits per heavy atom. The molecule has 9 heteroatoms. The number of anilines is 1. The fourth-order valence-corrected chi connectivity index (χ4v) is 2.35. The molecule has 25 heavy (non-hydrogen) atoms. The number of nitrogens with one attached hydrogen (secondary N) is 2. The van der Waals surface area contributed by atoms with Gasteiger partial charge in [-0.2, -0.15) is 5.10 Å². The van der Waals surface area contributed by atoms with Gasteiger partial charge in [0.2, 0.25) is 0 Å². The molecule has 2 aromatic rings. The number of hydrogen-bond acceptors (Lipinski definition) is 8. The Morgan fingerprint density at radius 3 is 2.60 bits per heavy atom. The Morgan fingerprint density at radius 2 is 1.96 bits per heavy atom. The van der Waals surface area contributed by atoms with E-state index >= 15 is 0 Å². The van der Waals surface area contributed by atoms with Gasteiger partial charge >= 0.3 is 17.9 Å². The van der Waals surface area contributed by atoms with Crippen LogP contribution in [-0.2, 0) is 23.8 Å². The van der Waals surface area contributed by atoms with Gasteiger partial charge in [-0.05, 0) is 12.1 Å². The fourth-order valence-electron chi connectivity index (χ4n) is 2.35. The lowest BCUT2D eigenvalue weighted by molar-refractivity contribution is -0.222. The van der Waals surface area contributed by atoms with E-state index < -0.39 is 23.7 Å².